The van der Waals surface area contributed by atoms with E-state index in [0.717, 1.165) is 23.1 Å². The van der Waals surface area contributed by atoms with E-state index in [0.29, 0.717) is 23.4 Å². The lowest BCUT2D eigenvalue weighted by atomic mass is 10.1. The third kappa shape index (κ3) is 2.87. The Hall–Kier alpha value is -2.18. The zero-order chi connectivity index (χ0) is 16.4. The van der Waals surface area contributed by atoms with E-state index in [1.54, 1.807) is 11.7 Å². The van der Waals surface area contributed by atoms with Crippen molar-refractivity contribution in [2.24, 2.45) is 7.05 Å². The van der Waals surface area contributed by atoms with Crippen LogP contribution in [0.3, 0.4) is 0 Å². The van der Waals surface area contributed by atoms with Crippen molar-refractivity contribution in [1.29, 1.82) is 0 Å². The molecule has 0 saturated carbocycles. The first kappa shape index (κ1) is 15.7. The fourth-order valence-electron chi connectivity index (χ4n) is 2.81. The Balaban J connectivity index is 2.19. The van der Waals surface area contributed by atoms with E-state index in [4.69, 9.17) is 17.0 Å². The first-order valence-electron chi connectivity index (χ1n) is 7.50. The van der Waals surface area contributed by atoms with Crippen LogP contribution < -0.4 is 5.56 Å². The van der Waals surface area contributed by atoms with Gasteiger partial charge in [-0.1, -0.05) is 30.3 Å². The lowest BCUT2D eigenvalue weighted by Crippen LogP contribution is -2.24. The van der Waals surface area contributed by atoms with Gasteiger partial charge in [0.2, 0.25) is 0 Å². The van der Waals surface area contributed by atoms with Crippen LogP contribution in [0.4, 0.5) is 0 Å². The predicted molar refractivity (Wildman–Crippen MR) is 94.3 cm³/mol. The maximum absolute atomic E-state index is 12.8. The smallest absolute Gasteiger partial charge is 0.278 e. The van der Waals surface area contributed by atoms with Gasteiger partial charge in [0, 0.05) is 39.1 Å². The van der Waals surface area contributed by atoms with Crippen molar-refractivity contribution >= 4 is 23.3 Å². The van der Waals surface area contributed by atoms with Gasteiger partial charge in [0.15, 0.2) is 4.77 Å². The first-order valence-corrected chi connectivity index (χ1v) is 7.91. The third-order valence-electron chi connectivity index (χ3n) is 3.92. The molecular weight excluding hydrogens is 310 g/mol. The quantitative estimate of drug-likeness (QED) is 0.578. The number of methoxy groups -OCH3 is 1. The maximum atomic E-state index is 12.8. The second-order valence-corrected chi connectivity index (χ2v) is 5.86. The van der Waals surface area contributed by atoms with Crippen LogP contribution in [0.2, 0.25) is 0 Å². The van der Waals surface area contributed by atoms with Gasteiger partial charge in [0.25, 0.3) is 5.56 Å². The summed E-state index contributed by atoms with van der Waals surface area (Å²) in [6.07, 6.45) is 2.71. The van der Waals surface area contributed by atoms with Crippen molar-refractivity contribution in [2.75, 3.05) is 13.7 Å². The molecule has 0 radical (unpaired) electrons. The second kappa shape index (κ2) is 6.52. The van der Waals surface area contributed by atoms with Gasteiger partial charge in [-0.3, -0.25) is 9.36 Å². The van der Waals surface area contributed by atoms with Crippen molar-refractivity contribution in [3.05, 3.63) is 51.7 Å². The molecule has 0 spiro atoms. The minimum absolute atomic E-state index is 0.0652. The molecule has 120 valence electrons. The van der Waals surface area contributed by atoms with E-state index in [9.17, 15) is 4.79 Å². The molecule has 2 heterocycles. The molecular formula is C17H19N3O2S. The highest BCUT2D eigenvalue weighted by Crippen LogP contribution is 2.26. The molecule has 0 amide bonds. The van der Waals surface area contributed by atoms with Crippen LogP contribution in [0, 0.1) is 4.77 Å². The van der Waals surface area contributed by atoms with Gasteiger partial charge in [0.05, 0.1) is 5.52 Å². The Kier molecular flexibility index (Phi) is 4.45. The van der Waals surface area contributed by atoms with Gasteiger partial charge >= 0.3 is 0 Å². The molecule has 0 saturated heterocycles. The van der Waals surface area contributed by atoms with Crippen molar-refractivity contribution in [3.8, 4) is 11.1 Å². The van der Waals surface area contributed by atoms with Gasteiger partial charge in [-0.2, -0.15) is 0 Å². The molecule has 0 atom stereocenters. The van der Waals surface area contributed by atoms with E-state index in [1.165, 1.54) is 0 Å². The standard InChI is InChI=1S/C17H19N3O2S/c1-19-11-13(12-7-4-3-5-8-12)14-15(19)16(21)20(17(23)18-14)9-6-10-22-2/h3-5,7-8,11H,6,9-10H2,1-2H3,(H,18,23). The Morgan fingerprint density at radius 1 is 1.26 bits per heavy atom. The molecule has 23 heavy (non-hydrogen) atoms. The van der Waals surface area contributed by atoms with Gasteiger partial charge in [-0.25, -0.2) is 0 Å². The number of rotatable bonds is 5. The average molecular weight is 329 g/mol. The van der Waals surface area contributed by atoms with E-state index in [2.05, 4.69) is 4.98 Å². The molecule has 0 fully saturated rings. The molecule has 1 aromatic carbocycles. The topological polar surface area (TPSA) is 51.9 Å². The molecule has 6 heteroatoms. The summed E-state index contributed by atoms with van der Waals surface area (Å²) in [5, 5.41) is 0. The van der Waals surface area contributed by atoms with E-state index < -0.39 is 0 Å². The summed E-state index contributed by atoms with van der Waals surface area (Å²) in [6, 6.07) is 9.98. The highest BCUT2D eigenvalue weighted by molar-refractivity contribution is 7.71. The van der Waals surface area contributed by atoms with Crippen LogP contribution in [-0.2, 0) is 18.3 Å². The van der Waals surface area contributed by atoms with Crippen LogP contribution in [-0.4, -0.2) is 27.8 Å². The van der Waals surface area contributed by atoms with Crippen LogP contribution in [0.5, 0.6) is 0 Å². The monoisotopic (exact) mass is 329 g/mol. The van der Waals surface area contributed by atoms with Crippen molar-refractivity contribution in [2.45, 2.75) is 13.0 Å². The summed E-state index contributed by atoms with van der Waals surface area (Å²) < 4.78 is 8.96. The van der Waals surface area contributed by atoms with Crippen molar-refractivity contribution < 1.29 is 4.74 Å². The summed E-state index contributed by atoms with van der Waals surface area (Å²) in [4.78, 5) is 16.1. The number of nitrogens with zero attached hydrogens (tertiary/aromatic N) is 2. The number of H-pyrrole nitrogens is 1. The predicted octanol–water partition coefficient (Wildman–Crippen LogP) is 3.10. The number of benzene rings is 1. The summed E-state index contributed by atoms with van der Waals surface area (Å²) in [5.74, 6) is 0. The summed E-state index contributed by atoms with van der Waals surface area (Å²) in [5.41, 5.74) is 3.40. The second-order valence-electron chi connectivity index (χ2n) is 5.48. The fourth-order valence-corrected chi connectivity index (χ4v) is 3.09. The molecule has 0 bridgehead atoms. The highest BCUT2D eigenvalue weighted by Gasteiger charge is 2.14. The molecule has 0 aliphatic heterocycles. The number of nitrogens with one attached hydrogen (secondary N) is 1. The van der Waals surface area contributed by atoms with Crippen molar-refractivity contribution in [1.82, 2.24) is 14.1 Å². The van der Waals surface area contributed by atoms with Crippen LogP contribution in [0.25, 0.3) is 22.2 Å². The Morgan fingerprint density at radius 2 is 2.00 bits per heavy atom. The Labute approximate surface area is 139 Å². The zero-order valence-electron chi connectivity index (χ0n) is 13.2. The average Bonchev–Trinajstić information content (AvgIpc) is 2.88. The molecule has 0 aliphatic rings. The summed E-state index contributed by atoms with van der Waals surface area (Å²) in [7, 11) is 3.53. The summed E-state index contributed by atoms with van der Waals surface area (Å²) in [6.45, 7) is 1.14. The minimum Gasteiger partial charge on any atom is -0.385 e. The largest absolute Gasteiger partial charge is 0.385 e. The molecule has 5 nitrogen and oxygen atoms in total. The van der Waals surface area contributed by atoms with E-state index in [1.807, 2.05) is 48.1 Å². The molecule has 0 aliphatic carbocycles. The molecule has 2 aromatic heterocycles. The van der Waals surface area contributed by atoms with E-state index in [-0.39, 0.29) is 5.56 Å². The van der Waals surface area contributed by atoms with Crippen molar-refractivity contribution in [3.63, 3.8) is 0 Å². The molecule has 3 rings (SSSR count). The SMILES string of the molecule is COCCCn1c(=S)[nH]c2c(-c3ccccc3)cn(C)c2c1=O. The number of aromatic amines is 1. The lowest BCUT2D eigenvalue weighted by molar-refractivity contribution is 0.189. The maximum Gasteiger partial charge on any atom is 0.278 e. The fraction of sp³-hybridized carbons (Fsp3) is 0.294. The van der Waals surface area contributed by atoms with Crippen LogP contribution >= 0.6 is 12.2 Å². The molecule has 1 N–H and O–H groups in total. The molecule has 3 aromatic rings. The number of fused-ring (bicyclic) bond motifs is 1. The Morgan fingerprint density at radius 3 is 2.70 bits per heavy atom. The summed E-state index contributed by atoms with van der Waals surface area (Å²) >= 11 is 5.39. The van der Waals surface area contributed by atoms with Gasteiger partial charge in [-0.15, -0.1) is 0 Å². The third-order valence-corrected chi connectivity index (χ3v) is 4.24. The number of aromatic nitrogens is 3. The van der Waals surface area contributed by atoms with Gasteiger partial charge in [0.1, 0.15) is 5.52 Å². The number of hydrogen-bond donors (Lipinski definition) is 1. The first-order chi connectivity index (χ1) is 11.1. The van der Waals surface area contributed by atoms with Gasteiger partial charge in [-0.05, 0) is 24.2 Å². The number of aryl methyl sites for hydroxylation is 1. The zero-order valence-corrected chi connectivity index (χ0v) is 14.0. The number of ether oxygens (including phenoxy) is 1. The normalized spacial score (nSPS) is 11.2. The Bertz CT molecular complexity index is 938. The minimum atomic E-state index is -0.0652. The number of hydrogen-bond acceptors (Lipinski definition) is 3. The van der Waals surface area contributed by atoms with Crippen LogP contribution in [0.15, 0.2) is 41.3 Å². The molecule has 0 unspecified atom stereocenters. The van der Waals surface area contributed by atoms with Crippen LogP contribution in [0.1, 0.15) is 6.42 Å². The van der Waals surface area contributed by atoms with Gasteiger partial charge < -0.3 is 14.3 Å². The lowest BCUT2D eigenvalue weighted by Gasteiger charge is -2.07. The highest BCUT2D eigenvalue weighted by atomic mass is 32.1. The van der Waals surface area contributed by atoms with E-state index >= 15 is 0 Å².